The number of carbonyl (C=O) groups excluding carboxylic acids is 3. The van der Waals surface area contributed by atoms with E-state index in [2.05, 4.69) is 0 Å². The zero-order valence-electron chi connectivity index (χ0n) is 12.7. The second kappa shape index (κ2) is 7.37. The minimum atomic E-state index is -1.03. The van der Waals surface area contributed by atoms with Crippen LogP contribution in [-0.2, 0) is 38.1 Å². The summed E-state index contributed by atoms with van der Waals surface area (Å²) < 4.78 is 26.0. The van der Waals surface area contributed by atoms with Gasteiger partial charge in [-0.1, -0.05) is 0 Å². The number of esters is 3. The number of hydrogen-bond donors (Lipinski definition) is 0. The third-order valence-electron chi connectivity index (χ3n) is 2.87. The zero-order chi connectivity index (χ0) is 16.2. The molecule has 0 aromatic carbocycles. The molecule has 8 heteroatoms. The highest BCUT2D eigenvalue weighted by atomic mass is 16.7. The lowest BCUT2D eigenvalue weighted by atomic mass is 9.99. The second-order valence-corrected chi connectivity index (χ2v) is 4.67. The van der Waals surface area contributed by atoms with Gasteiger partial charge in [0.05, 0.1) is 6.10 Å². The maximum atomic E-state index is 11.3. The molecule has 0 spiro atoms. The molecule has 21 heavy (non-hydrogen) atoms. The van der Waals surface area contributed by atoms with E-state index >= 15 is 0 Å². The van der Waals surface area contributed by atoms with Gasteiger partial charge in [-0.2, -0.15) is 0 Å². The Morgan fingerprint density at radius 1 is 0.810 bits per heavy atom. The molecule has 0 bridgehead atoms. The van der Waals surface area contributed by atoms with Crippen LogP contribution in [-0.4, -0.2) is 55.7 Å². The molecule has 0 amide bonds. The monoisotopic (exact) mass is 304 g/mol. The number of methoxy groups -OCH3 is 1. The fourth-order valence-corrected chi connectivity index (χ4v) is 2.16. The maximum Gasteiger partial charge on any atom is 0.303 e. The molecule has 0 saturated carbocycles. The molecule has 1 saturated heterocycles. The van der Waals surface area contributed by atoms with Crippen molar-refractivity contribution in [1.29, 1.82) is 0 Å². The lowest BCUT2D eigenvalue weighted by Gasteiger charge is -2.42. The zero-order valence-corrected chi connectivity index (χ0v) is 12.7. The molecule has 0 unspecified atom stereocenters. The predicted octanol–water partition coefficient (Wildman–Crippen LogP) is 0.173. The van der Waals surface area contributed by atoms with Gasteiger partial charge in [0, 0.05) is 27.9 Å². The van der Waals surface area contributed by atoms with Gasteiger partial charge >= 0.3 is 17.9 Å². The smallest absolute Gasteiger partial charge is 0.303 e. The summed E-state index contributed by atoms with van der Waals surface area (Å²) in [5.74, 6) is -1.76. The first kappa shape index (κ1) is 17.4. The molecule has 1 aliphatic heterocycles. The number of ether oxygens (including phenoxy) is 5. The first-order valence-electron chi connectivity index (χ1n) is 6.46. The van der Waals surface area contributed by atoms with Gasteiger partial charge in [-0.25, -0.2) is 0 Å². The molecular formula is C13H20O8. The van der Waals surface area contributed by atoms with Crippen LogP contribution in [0.2, 0.25) is 0 Å². The fourth-order valence-electron chi connectivity index (χ4n) is 2.16. The van der Waals surface area contributed by atoms with Crippen LogP contribution >= 0.6 is 0 Å². The second-order valence-electron chi connectivity index (χ2n) is 4.67. The summed E-state index contributed by atoms with van der Waals surface area (Å²) in [6.07, 6.45) is -4.47. The van der Waals surface area contributed by atoms with Crippen LogP contribution in [0.5, 0.6) is 0 Å². The Labute approximate surface area is 122 Å². The number of rotatable bonds is 4. The van der Waals surface area contributed by atoms with Crippen LogP contribution in [0.15, 0.2) is 0 Å². The Morgan fingerprint density at radius 3 is 1.67 bits per heavy atom. The highest BCUT2D eigenvalue weighted by Crippen LogP contribution is 2.28. The minimum absolute atomic E-state index is 0.565. The maximum absolute atomic E-state index is 11.3. The van der Waals surface area contributed by atoms with Gasteiger partial charge in [0.25, 0.3) is 0 Å². The summed E-state index contributed by atoms with van der Waals surface area (Å²) in [5, 5.41) is 0. The molecule has 8 nitrogen and oxygen atoms in total. The molecule has 1 heterocycles. The molecular weight excluding hydrogens is 284 g/mol. The lowest BCUT2D eigenvalue weighted by Crippen LogP contribution is -2.60. The predicted molar refractivity (Wildman–Crippen MR) is 68.0 cm³/mol. The van der Waals surface area contributed by atoms with E-state index in [9.17, 15) is 14.4 Å². The van der Waals surface area contributed by atoms with E-state index < -0.39 is 48.6 Å². The topological polar surface area (TPSA) is 97.4 Å². The van der Waals surface area contributed by atoms with Crippen molar-refractivity contribution in [1.82, 2.24) is 0 Å². The van der Waals surface area contributed by atoms with Crippen LogP contribution in [0.3, 0.4) is 0 Å². The van der Waals surface area contributed by atoms with Crippen molar-refractivity contribution in [2.75, 3.05) is 7.11 Å². The minimum Gasteiger partial charge on any atom is -0.456 e. The van der Waals surface area contributed by atoms with E-state index in [-0.39, 0.29) is 0 Å². The van der Waals surface area contributed by atoms with Crippen LogP contribution in [0, 0.1) is 0 Å². The summed E-state index contributed by atoms with van der Waals surface area (Å²) in [6, 6.07) is 0. The Bertz CT molecular complexity index is 407. The molecule has 0 aliphatic carbocycles. The molecule has 0 radical (unpaired) electrons. The van der Waals surface area contributed by atoms with E-state index in [0.717, 1.165) is 0 Å². The standard InChI is InChI=1S/C13H20O8/c1-6-10(19-7(2)14)11(20-8(3)15)12(21-9(4)16)13(17-5)18-6/h6,10-13H,1-5H3/t6-,10-,11+,12-,13+/m1/s1. The average Bonchev–Trinajstić information content (AvgIpc) is 2.35. The highest BCUT2D eigenvalue weighted by molar-refractivity contribution is 5.68. The molecule has 120 valence electrons. The van der Waals surface area contributed by atoms with Crippen LogP contribution in [0.25, 0.3) is 0 Å². The SMILES string of the molecule is CO[C@H]1O[C@H](C)[C@@H](OC(C)=O)[C@H](OC(C)=O)[C@H]1OC(C)=O. The van der Waals surface area contributed by atoms with Crippen molar-refractivity contribution >= 4 is 17.9 Å². The van der Waals surface area contributed by atoms with E-state index in [0.29, 0.717) is 0 Å². The van der Waals surface area contributed by atoms with Gasteiger partial charge < -0.3 is 23.7 Å². The van der Waals surface area contributed by atoms with E-state index in [4.69, 9.17) is 23.7 Å². The average molecular weight is 304 g/mol. The first-order valence-corrected chi connectivity index (χ1v) is 6.46. The highest BCUT2D eigenvalue weighted by Gasteiger charge is 2.50. The summed E-state index contributed by atoms with van der Waals surface area (Å²) in [6.45, 7) is 5.27. The van der Waals surface area contributed by atoms with E-state index in [1.165, 1.54) is 27.9 Å². The Kier molecular flexibility index (Phi) is 6.10. The summed E-state index contributed by atoms with van der Waals surface area (Å²) in [4.78, 5) is 33.7. The van der Waals surface area contributed by atoms with Crippen LogP contribution < -0.4 is 0 Å². The lowest BCUT2D eigenvalue weighted by molar-refractivity contribution is -0.294. The van der Waals surface area contributed by atoms with Crippen molar-refractivity contribution in [3.63, 3.8) is 0 Å². The quantitative estimate of drug-likeness (QED) is 0.535. The van der Waals surface area contributed by atoms with Gasteiger partial charge in [0.2, 0.25) is 0 Å². The largest absolute Gasteiger partial charge is 0.456 e. The summed E-state index contributed by atoms with van der Waals surface area (Å²) in [5.41, 5.74) is 0. The van der Waals surface area contributed by atoms with Crippen molar-refractivity contribution in [2.45, 2.75) is 58.4 Å². The molecule has 5 atom stereocenters. The third kappa shape index (κ3) is 4.68. The first-order chi connectivity index (χ1) is 9.76. The molecule has 0 aromatic rings. The normalized spacial score (nSPS) is 32.1. The number of carbonyl (C=O) groups is 3. The Hall–Kier alpha value is -1.67. The van der Waals surface area contributed by atoms with Gasteiger partial charge in [0.15, 0.2) is 24.6 Å². The molecule has 1 rings (SSSR count). The Balaban J connectivity index is 3.08. The van der Waals surface area contributed by atoms with Crippen molar-refractivity contribution in [3.8, 4) is 0 Å². The molecule has 1 fully saturated rings. The van der Waals surface area contributed by atoms with Crippen molar-refractivity contribution in [3.05, 3.63) is 0 Å². The van der Waals surface area contributed by atoms with Crippen LogP contribution in [0.1, 0.15) is 27.7 Å². The van der Waals surface area contributed by atoms with Crippen molar-refractivity contribution in [2.24, 2.45) is 0 Å². The van der Waals surface area contributed by atoms with E-state index in [1.54, 1.807) is 6.92 Å². The van der Waals surface area contributed by atoms with Crippen LogP contribution in [0.4, 0.5) is 0 Å². The fraction of sp³-hybridized carbons (Fsp3) is 0.769. The van der Waals surface area contributed by atoms with Gasteiger partial charge in [-0.05, 0) is 6.92 Å². The van der Waals surface area contributed by atoms with E-state index in [1.807, 2.05) is 0 Å². The van der Waals surface area contributed by atoms with Crippen molar-refractivity contribution < 1.29 is 38.1 Å². The Morgan fingerprint density at radius 2 is 1.24 bits per heavy atom. The third-order valence-corrected chi connectivity index (χ3v) is 2.87. The number of hydrogen-bond acceptors (Lipinski definition) is 8. The molecule has 1 aliphatic rings. The van der Waals surface area contributed by atoms with Gasteiger partial charge in [0.1, 0.15) is 0 Å². The summed E-state index contributed by atoms with van der Waals surface area (Å²) >= 11 is 0. The molecule has 0 aromatic heterocycles. The van der Waals surface area contributed by atoms with Gasteiger partial charge in [-0.15, -0.1) is 0 Å². The molecule has 0 N–H and O–H groups in total. The van der Waals surface area contributed by atoms with Gasteiger partial charge in [-0.3, -0.25) is 14.4 Å². The summed E-state index contributed by atoms with van der Waals surface area (Å²) in [7, 11) is 1.37.